The van der Waals surface area contributed by atoms with Gasteiger partial charge in [0.05, 0.1) is 13.7 Å². The van der Waals surface area contributed by atoms with E-state index in [9.17, 15) is 14.4 Å². The number of thiazole rings is 1. The number of esters is 1. The summed E-state index contributed by atoms with van der Waals surface area (Å²) in [6, 6.07) is -0.754. The van der Waals surface area contributed by atoms with Crippen molar-refractivity contribution in [3.05, 3.63) is 11.1 Å². The number of rotatable bonds is 10. The molecule has 2 aliphatic rings. The van der Waals surface area contributed by atoms with Crippen molar-refractivity contribution in [1.82, 2.24) is 15.6 Å². The number of hydrogen-bond donors (Lipinski definition) is 2. The van der Waals surface area contributed by atoms with Crippen molar-refractivity contribution in [1.29, 1.82) is 0 Å². The molecule has 12 heteroatoms. The number of anilines is 1. The van der Waals surface area contributed by atoms with Gasteiger partial charge in [-0.25, -0.2) is 9.78 Å². The van der Waals surface area contributed by atoms with Gasteiger partial charge < -0.3 is 29.4 Å². The molecule has 2 fully saturated rings. The van der Waals surface area contributed by atoms with Crippen LogP contribution < -0.4 is 15.5 Å². The van der Waals surface area contributed by atoms with E-state index in [1.807, 2.05) is 0 Å². The van der Waals surface area contributed by atoms with Crippen LogP contribution in [-0.2, 0) is 23.5 Å². The minimum absolute atomic E-state index is 0.0252. The van der Waals surface area contributed by atoms with Crippen molar-refractivity contribution in [2.75, 3.05) is 44.9 Å². The minimum atomic E-state index is -2.11. The summed E-state index contributed by atoms with van der Waals surface area (Å²) in [6.07, 6.45) is 4.14. The highest BCUT2D eigenvalue weighted by Crippen LogP contribution is 2.36. The number of piperidine rings is 1. The molecule has 214 valence electrons. The average Bonchev–Trinajstić information content (AvgIpc) is 3.37. The molecule has 1 aromatic heterocycles. The number of ether oxygens (including phenoxy) is 2. The average molecular weight is 569 g/mol. The first-order valence-electron chi connectivity index (χ1n) is 13.5. The van der Waals surface area contributed by atoms with Crippen molar-refractivity contribution >= 4 is 42.6 Å². The van der Waals surface area contributed by atoms with E-state index in [-0.39, 0.29) is 29.3 Å². The Morgan fingerprint density at radius 1 is 1.18 bits per heavy atom. The number of carbonyl (C=O) groups is 3. The second kappa shape index (κ2) is 13.4. The third-order valence-electron chi connectivity index (χ3n) is 7.88. The number of nitrogens with zero attached hydrogens (tertiary/aromatic N) is 2. The molecule has 3 heterocycles. The third-order valence-corrected chi connectivity index (χ3v) is 13.3. The number of hydrogen-bond acceptors (Lipinski definition) is 9. The van der Waals surface area contributed by atoms with Crippen molar-refractivity contribution in [3.8, 4) is 0 Å². The van der Waals surface area contributed by atoms with E-state index in [1.54, 1.807) is 5.38 Å². The van der Waals surface area contributed by atoms with Gasteiger partial charge in [-0.1, -0.05) is 20.8 Å². The standard InChI is InChI=1S/C26H44N4O6SSi/c1-26(2,3)38(5,6)36-16-20(24(33)34-4)28-23(32)21-17-37-25(29-21)30-11-7-19(8-12-30)27-22(31)15-18-9-13-35-14-10-18/h17-20H,7-16H2,1-6H3,(H,27,31)(H,28,32)/t20-/m0/s1. The van der Waals surface area contributed by atoms with Gasteiger partial charge in [0.25, 0.3) is 5.91 Å². The fourth-order valence-corrected chi connectivity index (χ4v) is 6.16. The van der Waals surface area contributed by atoms with Gasteiger partial charge in [-0.05, 0) is 49.7 Å². The summed E-state index contributed by atoms with van der Waals surface area (Å²) >= 11 is 1.40. The molecule has 0 unspecified atom stereocenters. The van der Waals surface area contributed by atoms with Crippen LogP contribution >= 0.6 is 11.3 Å². The molecule has 1 atom stereocenters. The summed E-state index contributed by atoms with van der Waals surface area (Å²) in [7, 11) is -0.816. The molecule has 38 heavy (non-hydrogen) atoms. The summed E-state index contributed by atoms with van der Waals surface area (Å²) in [6.45, 7) is 13.6. The molecule has 1 aromatic rings. The van der Waals surface area contributed by atoms with E-state index in [1.165, 1.54) is 18.4 Å². The van der Waals surface area contributed by atoms with Crippen molar-refractivity contribution in [3.63, 3.8) is 0 Å². The van der Waals surface area contributed by atoms with Crippen LogP contribution in [0, 0.1) is 5.92 Å². The van der Waals surface area contributed by atoms with Gasteiger partial charge in [0.15, 0.2) is 13.4 Å². The van der Waals surface area contributed by atoms with Crippen LogP contribution in [0.4, 0.5) is 5.13 Å². The van der Waals surface area contributed by atoms with E-state index in [2.05, 4.69) is 54.4 Å². The van der Waals surface area contributed by atoms with Gasteiger partial charge >= 0.3 is 5.97 Å². The summed E-state index contributed by atoms with van der Waals surface area (Å²) in [5.74, 6) is -0.437. The van der Waals surface area contributed by atoms with Gasteiger partial charge in [-0.15, -0.1) is 11.3 Å². The first kappa shape index (κ1) is 30.5. The Morgan fingerprint density at radius 3 is 2.45 bits per heavy atom. The van der Waals surface area contributed by atoms with Crippen LogP contribution in [0.2, 0.25) is 18.1 Å². The van der Waals surface area contributed by atoms with E-state index in [0.29, 0.717) is 12.3 Å². The van der Waals surface area contributed by atoms with Gasteiger partial charge in [0.2, 0.25) is 5.91 Å². The molecule has 2 amide bonds. The Bertz CT molecular complexity index is 952. The normalized spacial score (nSPS) is 18.6. The quantitative estimate of drug-likeness (QED) is 0.326. The van der Waals surface area contributed by atoms with Crippen LogP contribution in [0.25, 0.3) is 0 Å². The molecule has 10 nitrogen and oxygen atoms in total. The van der Waals surface area contributed by atoms with Crippen LogP contribution in [0.1, 0.15) is 63.4 Å². The van der Waals surface area contributed by atoms with Gasteiger partial charge in [0.1, 0.15) is 11.7 Å². The molecule has 0 radical (unpaired) electrons. The number of methoxy groups -OCH3 is 1. The summed E-state index contributed by atoms with van der Waals surface area (Å²) in [5, 5.41) is 8.37. The van der Waals surface area contributed by atoms with E-state index < -0.39 is 26.2 Å². The topological polar surface area (TPSA) is 119 Å². The Kier molecular flexibility index (Phi) is 10.7. The number of nitrogens with one attached hydrogen (secondary N) is 2. The van der Waals surface area contributed by atoms with Gasteiger partial charge in [0, 0.05) is 44.1 Å². The molecule has 2 aliphatic heterocycles. The monoisotopic (exact) mass is 568 g/mol. The predicted octanol–water partition coefficient (Wildman–Crippen LogP) is 3.34. The molecule has 2 saturated heterocycles. The zero-order chi connectivity index (χ0) is 27.9. The lowest BCUT2D eigenvalue weighted by molar-refractivity contribution is -0.143. The maximum atomic E-state index is 12.9. The largest absolute Gasteiger partial charge is 0.467 e. The van der Waals surface area contributed by atoms with Crippen LogP contribution in [0.5, 0.6) is 0 Å². The molecule has 0 aliphatic carbocycles. The summed E-state index contributed by atoms with van der Waals surface area (Å²) in [5.41, 5.74) is 0.262. The van der Waals surface area contributed by atoms with Crippen molar-refractivity contribution in [2.45, 2.75) is 83.1 Å². The van der Waals surface area contributed by atoms with Crippen molar-refractivity contribution < 1.29 is 28.3 Å². The predicted molar refractivity (Wildman–Crippen MR) is 150 cm³/mol. The lowest BCUT2D eigenvalue weighted by atomic mass is 9.95. The molecule has 3 rings (SSSR count). The van der Waals surface area contributed by atoms with Crippen LogP contribution in [-0.4, -0.2) is 83.2 Å². The van der Waals surface area contributed by atoms with E-state index in [0.717, 1.165) is 57.1 Å². The van der Waals surface area contributed by atoms with Gasteiger partial charge in [-0.2, -0.15) is 0 Å². The van der Waals surface area contributed by atoms with E-state index in [4.69, 9.17) is 13.9 Å². The lowest BCUT2D eigenvalue weighted by Crippen LogP contribution is -2.49. The highest BCUT2D eigenvalue weighted by molar-refractivity contribution is 7.13. The van der Waals surface area contributed by atoms with Gasteiger partial charge in [-0.3, -0.25) is 9.59 Å². The molecule has 2 N–H and O–H groups in total. The molecule has 0 spiro atoms. The smallest absolute Gasteiger partial charge is 0.330 e. The second-order valence-corrected chi connectivity index (χ2v) is 17.4. The number of carbonyl (C=O) groups excluding carboxylic acids is 3. The third kappa shape index (κ3) is 8.49. The molecular weight excluding hydrogens is 524 g/mol. The Labute approximate surface area is 231 Å². The second-order valence-electron chi connectivity index (χ2n) is 11.7. The zero-order valence-electron chi connectivity index (χ0n) is 23.6. The maximum absolute atomic E-state index is 12.9. The van der Waals surface area contributed by atoms with E-state index >= 15 is 0 Å². The van der Waals surface area contributed by atoms with Crippen LogP contribution in [0.15, 0.2) is 5.38 Å². The minimum Gasteiger partial charge on any atom is -0.467 e. The highest BCUT2D eigenvalue weighted by Gasteiger charge is 2.38. The Morgan fingerprint density at radius 2 is 1.84 bits per heavy atom. The molecule has 0 saturated carbocycles. The Hall–Kier alpha value is -2.02. The SMILES string of the molecule is COC(=O)[C@H](CO[Si](C)(C)C(C)(C)C)NC(=O)c1csc(N2CCC(NC(=O)CC3CCOCC3)CC2)n1. The molecule has 0 bridgehead atoms. The molecule has 0 aromatic carbocycles. The zero-order valence-corrected chi connectivity index (χ0v) is 25.4. The highest BCUT2D eigenvalue weighted by atomic mass is 32.1. The van der Waals surface area contributed by atoms with Crippen molar-refractivity contribution in [2.24, 2.45) is 5.92 Å². The lowest BCUT2D eigenvalue weighted by Gasteiger charge is -2.37. The summed E-state index contributed by atoms with van der Waals surface area (Å²) < 4.78 is 16.4. The fraction of sp³-hybridized carbons (Fsp3) is 0.769. The maximum Gasteiger partial charge on any atom is 0.330 e. The number of amides is 2. The Balaban J connectivity index is 1.49. The molecular formula is C26H44N4O6SSi. The summed E-state index contributed by atoms with van der Waals surface area (Å²) in [4.78, 5) is 44.4. The fourth-order valence-electron chi connectivity index (χ4n) is 4.28. The number of aromatic nitrogens is 1. The van der Waals surface area contributed by atoms with Crippen LogP contribution in [0.3, 0.4) is 0 Å². The first-order valence-corrected chi connectivity index (χ1v) is 17.3. The first-order chi connectivity index (χ1) is 17.9.